The molecule has 14 heterocycles. The molecular formula is C110H133N21O11S8. The number of aromatic nitrogens is 8. The van der Waals surface area contributed by atoms with Crippen molar-refractivity contribution in [3.63, 3.8) is 0 Å². The number of nitrogens with zero attached hydrogens (tertiary/aromatic N) is 15. The van der Waals surface area contributed by atoms with Gasteiger partial charge in [-0.15, -0.1) is 11.3 Å². The number of thiophene rings is 1. The van der Waals surface area contributed by atoms with Crippen molar-refractivity contribution in [3.05, 3.63) is 252 Å². The minimum absolute atomic E-state index is 0.124. The highest BCUT2D eigenvalue weighted by molar-refractivity contribution is 7.90. The van der Waals surface area contributed by atoms with E-state index in [9.17, 15) is 46.9 Å². The standard InChI is InChI=1S/C24H30N4O2S.C23H27N5O3S.C23H30N4O2S2.C21H24N4O2S2.C19H22N4O2S2/c1-27(2)17-18-5-4-6-19(13-18)21-14-20-7-10-25-16-23(20)24(15-21)26-22-8-11-28(12-9-22)31(3,29)30;1-3-32(30,31)28-10-6-19(7-11-28)26-22-14-20(13-17-4-8-24-15-21(17)22)27-23(29)18-5-9-25-16(2)12-18;1-4-31(28,29)27-9-6-20(7-10-27)25-23-13-18(11-17-5-8-24-14-22(17)23)19-12-21(30-16-19)15-26(2)3;1-14-10-21(28-24-14)16-11-15-4-7-22-13-19(15)20(12-16)23-17-5-8-25(9-6-17)29(26,27)18-2-3-18;1-13-9-19(26-22-13)15-10-14-3-6-20-12-17(14)18(11-15)21-16-4-7-23(8-5-16)27(2,24)25/h4-7,10,13-16,22,26H,8-9,11-12,17H2,1-3H3;4-5,8-9,12-15,19,26H,3,6-7,10-11H2,1-2H3,(H,27,29);5,8,11-14,16,20,25H,4,6-7,9-10,15H2,1-3H3;4,7,10-13,17-18,23H,2-3,5-6,8-9H2,1H3;3,6,9-12,16,21H,4-5,7-8H2,1-2H3. The van der Waals surface area contributed by atoms with Crippen LogP contribution in [0, 0.1) is 20.8 Å². The Morgan fingerprint density at radius 3 is 1.09 bits per heavy atom. The van der Waals surface area contributed by atoms with E-state index in [0.29, 0.717) is 89.5 Å². The summed E-state index contributed by atoms with van der Waals surface area (Å²) < 4.78 is 137. The molecule has 150 heavy (non-hydrogen) atoms. The summed E-state index contributed by atoms with van der Waals surface area (Å²) in [4.78, 5) is 46.3. The Bertz CT molecular complexity index is 7910. The van der Waals surface area contributed by atoms with Crippen LogP contribution in [0.4, 0.5) is 34.1 Å². The highest BCUT2D eigenvalue weighted by atomic mass is 32.2. The van der Waals surface area contributed by atoms with Crippen molar-refractivity contribution in [2.24, 2.45) is 0 Å². The molecule has 5 saturated heterocycles. The molecule has 0 radical (unpaired) electrons. The summed E-state index contributed by atoms with van der Waals surface area (Å²) in [5, 5.41) is 34.1. The van der Waals surface area contributed by atoms with E-state index in [1.165, 1.54) is 62.7 Å². The summed E-state index contributed by atoms with van der Waals surface area (Å²) in [7, 11) is -7.24. The van der Waals surface area contributed by atoms with E-state index in [4.69, 9.17) is 0 Å². The van der Waals surface area contributed by atoms with Gasteiger partial charge in [-0.25, -0.2) is 63.6 Å². The summed E-state index contributed by atoms with van der Waals surface area (Å²) in [6.07, 6.45) is 32.0. The lowest BCUT2D eigenvalue weighted by Gasteiger charge is -2.32. The van der Waals surface area contributed by atoms with E-state index in [-0.39, 0.29) is 52.9 Å². The maximum Gasteiger partial charge on any atom is 0.255 e. The molecule has 0 spiro atoms. The van der Waals surface area contributed by atoms with Gasteiger partial charge in [-0.2, -0.15) is 8.75 Å². The van der Waals surface area contributed by atoms with Crippen LogP contribution in [-0.2, 0) is 63.2 Å². The smallest absolute Gasteiger partial charge is 0.255 e. The van der Waals surface area contributed by atoms with Crippen molar-refractivity contribution in [1.29, 1.82) is 0 Å². The molecule has 1 saturated carbocycles. The predicted molar refractivity (Wildman–Crippen MR) is 613 cm³/mol. The molecule has 32 nitrogen and oxygen atoms in total. The van der Waals surface area contributed by atoms with Gasteiger partial charge in [0.1, 0.15) is 0 Å². The average molecular weight is 2180 g/mol. The second kappa shape index (κ2) is 48.6. The lowest BCUT2D eigenvalue weighted by molar-refractivity contribution is 0.102. The number of hydrogen-bond donors (Lipinski definition) is 6. The molecule has 15 aromatic rings. The monoisotopic (exact) mass is 2180 g/mol. The lowest BCUT2D eigenvalue weighted by atomic mass is 9.98. The summed E-state index contributed by atoms with van der Waals surface area (Å²) in [5.74, 6) is 0.0907. The van der Waals surface area contributed by atoms with Gasteiger partial charge in [0.25, 0.3) is 5.91 Å². The van der Waals surface area contributed by atoms with Gasteiger partial charge in [0, 0.05) is 254 Å². The number of anilines is 6. The maximum absolute atomic E-state index is 12.7. The topological polar surface area (TPSA) is 386 Å². The Balaban J connectivity index is 0.000000128. The van der Waals surface area contributed by atoms with Gasteiger partial charge in [0.2, 0.25) is 50.1 Å². The fourth-order valence-corrected chi connectivity index (χ4v) is 28.2. The normalized spacial score (nSPS) is 16.7. The number of aryl methyl sites for hydroxylation is 3. The van der Waals surface area contributed by atoms with Crippen LogP contribution in [0.1, 0.15) is 129 Å². The quantitative estimate of drug-likeness (QED) is 0.0265. The molecule has 6 aromatic carbocycles. The molecule has 6 fully saturated rings. The van der Waals surface area contributed by atoms with E-state index in [2.05, 4.69) is 205 Å². The zero-order valence-electron chi connectivity index (χ0n) is 86.6. The number of sulfonamides is 5. The fraction of sp³-hybridized carbons (Fsp3) is 0.391. The minimum atomic E-state index is -3.16. The first-order chi connectivity index (χ1) is 71.9. The highest BCUT2D eigenvalue weighted by Gasteiger charge is 2.42. The molecule has 0 atom stereocenters. The van der Waals surface area contributed by atoms with Crippen LogP contribution < -0.4 is 31.9 Å². The predicted octanol–water partition coefficient (Wildman–Crippen LogP) is 19.0. The first kappa shape index (κ1) is 110. The fourth-order valence-electron chi connectivity index (χ4n) is 19.8. The third-order valence-corrected chi connectivity index (χ3v) is 39.6. The number of carbonyl (C=O) groups is 1. The number of piperidine rings is 5. The molecule has 1 aliphatic carbocycles. The number of hydrogen-bond acceptors (Lipinski definition) is 29. The lowest BCUT2D eigenvalue weighted by Crippen LogP contribution is -2.43. The van der Waals surface area contributed by atoms with Gasteiger partial charge < -0.3 is 41.7 Å². The first-order valence-electron chi connectivity index (χ1n) is 51.1. The number of rotatable bonds is 28. The summed E-state index contributed by atoms with van der Waals surface area (Å²) in [5.41, 5.74) is 17.5. The van der Waals surface area contributed by atoms with E-state index in [0.717, 1.165) is 203 Å². The zero-order valence-corrected chi connectivity index (χ0v) is 93.1. The Hall–Kier alpha value is -11.6. The van der Waals surface area contributed by atoms with E-state index >= 15 is 0 Å². The number of pyridine rings is 6. The number of benzene rings is 6. The summed E-state index contributed by atoms with van der Waals surface area (Å²) in [6.45, 7) is 16.6. The van der Waals surface area contributed by atoms with Crippen LogP contribution in [-0.4, -0.2) is 271 Å². The van der Waals surface area contributed by atoms with Gasteiger partial charge in [-0.3, -0.25) is 34.7 Å². The number of carbonyl (C=O) groups excluding carboxylic acids is 1. The third-order valence-electron chi connectivity index (χ3n) is 28.1. The Labute approximate surface area is 893 Å². The molecule has 1 amide bonds. The van der Waals surface area contributed by atoms with Crippen LogP contribution in [0.3, 0.4) is 0 Å². The summed E-state index contributed by atoms with van der Waals surface area (Å²) in [6, 6.07) is 51.1. The van der Waals surface area contributed by atoms with E-state index in [1.807, 2.05) is 107 Å². The molecule has 9 aromatic heterocycles. The Kier molecular flexibility index (Phi) is 35.5. The molecular weight excluding hydrogens is 2050 g/mol. The number of fused-ring (bicyclic) bond motifs is 5. The zero-order chi connectivity index (χ0) is 106. The molecule has 6 aliphatic rings. The van der Waals surface area contributed by atoms with Crippen LogP contribution in [0.25, 0.3) is 97.0 Å². The van der Waals surface area contributed by atoms with Crippen molar-refractivity contribution < 1.29 is 46.9 Å². The van der Waals surface area contributed by atoms with Crippen LogP contribution in [0.15, 0.2) is 219 Å². The highest BCUT2D eigenvalue weighted by Crippen LogP contribution is 2.42. The maximum atomic E-state index is 12.7. The SMILES string of the molecule is CCS(=O)(=O)N1CCC(Nc2cc(-c3csc(CN(C)C)c3)cc3ccncc23)CC1.CCS(=O)(=O)N1CCC(Nc2cc(NC(=O)c3ccnc(C)c3)cc3ccncc23)CC1.CN(C)Cc1cccc(-c2cc(NC3CCN(S(C)(=O)=O)CC3)c3cnccc3c2)c1.Cc1cc(-c2cc(NC3CCN(S(=O)(=O)C4CC4)CC3)c3cnccc3c2)sn1.Cc1cc(-c2cc(NC3CCN(S(C)(=O)=O)CC3)c3cnccc3c2)sn1. The molecule has 0 bridgehead atoms. The second-order valence-electron chi connectivity index (χ2n) is 40.0. The second-order valence-corrected chi connectivity index (χ2v) is 53.3. The minimum Gasteiger partial charge on any atom is -0.382 e. The summed E-state index contributed by atoms with van der Waals surface area (Å²) >= 11 is 4.80. The van der Waals surface area contributed by atoms with Crippen molar-refractivity contribution in [2.75, 3.05) is 150 Å². The molecule has 6 N–H and O–H groups in total. The van der Waals surface area contributed by atoms with Gasteiger partial charge >= 0.3 is 0 Å². The van der Waals surface area contributed by atoms with E-state index in [1.54, 1.807) is 83.6 Å². The first-order valence-corrected chi connectivity index (χ1v) is 61.9. The molecule has 21 rings (SSSR count). The van der Waals surface area contributed by atoms with Crippen molar-refractivity contribution in [2.45, 2.75) is 160 Å². The van der Waals surface area contributed by atoms with Crippen LogP contribution in [0.5, 0.6) is 0 Å². The van der Waals surface area contributed by atoms with Crippen molar-refractivity contribution in [1.82, 2.24) is 70.0 Å². The van der Waals surface area contributed by atoms with Gasteiger partial charge in [0.05, 0.1) is 50.4 Å². The molecule has 0 unspecified atom stereocenters. The van der Waals surface area contributed by atoms with E-state index < -0.39 is 50.1 Å². The van der Waals surface area contributed by atoms with Crippen LogP contribution >= 0.6 is 34.4 Å². The number of amides is 1. The van der Waals surface area contributed by atoms with Crippen LogP contribution in [0.2, 0.25) is 0 Å². The Morgan fingerprint density at radius 1 is 0.367 bits per heavy atom. The van der Waals surface area contributed by atoms with Gasteiger partial charge in [0.15, 0.2) is 0 Å². The molecule has 792 valence electrons. The van der Waals surface area contributed by atoms with Crippen molar-refractivity contribution in [3.8, 4) is 43.1 Å². The number of nitrogens with one attached hydrogen (secondary N) is 6. The average Bonchev–Trinajstić information content (AvgIpc) is 1.54. The van der Waals surface area contributed by atoms with Gasteiger partial charge in [-0.1, -0.05) is 18.2 Å². The van der Waals surface area contributed by atoms with Gasteiger partial charge in [-0.05, 0) is 362 Å². The molecule has 40 heteroatoms. The van der Waals surface area contributed by atoms with Crippen molar-refractivity contribution >= 4 is 178 Å². The molecule has 5 aliphatic heterocycles. The third kappa shape index (κ3) is 28.3. The Morgan fingerprint density at radius 2 is 0.727 bits per heavy atom. The largest absolute Gasteiger partial charge is 0.382 e.